The van der Waals surface area contributed by atoms with Gasteiger partial charge in [0.15, 0.2) is 6.20 Å². The van der Waals surface area contributed by atoms with Crippen LogP contribution in [0.15, 0.2) is 58.6 Å². The minimum absolute atomic E-state index is 0.223. The van der Waals surface area contributed by atoms with E-state index < -0.39 is 10.0 Å². The van der Waals surface area contributed by atoms with Crippen LogP contribution in [0.5, 0.6) is 5.75 Å². The third kappa shape index (κ3) is 4.60. The van der Waals surface area contributed by atoms with Gasteiger partial charge < -0.3 is 9.94 Å². The number of hydrogen-bond acceptors (Lipinski definition) is 5. The van der Waals surface area contributed by atoms with Gasteiger partial charge in [-0.15, -0.1) is 0 Å². The van der Waals surface area contributed by atoms with Gasteiger partial charge >= 0.3 is 0 Å². The van der Waals surface area contributed by atoms with E-state index in [1.165, 1.54) is 44.2 Å². The largest absolute Gasteiger partial charge is 0.618 e. The highest BCUT2D eigenvalue weighted by Gasteiger charge is 2.16. The van der Waals surface area contributed by atoms with E-state index in [9.17, 15) is 13.6 Å². The number of thioether (sulfide) groups is 1. The van der Waals surface area contributed by atoms with Crippen LogP contribution in [0.3, 0.4) is 0 Å². The number of pyridine rings is 1. The Morgan fingerprint density at radius 3 is 2.48 bits per heavy atom. The summed E-state index contributed by atoms with van der Waals surface area (Å²) in [5.41, 5.74) is 0. The number of hydrogen-bond donors (Lipinski definition) is 0. The van der Waals surface area contributed by atoms with Gasteiger partial charge in [-0.1, -0.05) is 11.8 Å². The van der Waals surface area contributed by atoms with Crippen LogP contribution in [0.25, 0.3) is 0 Å². The molecule has 0 fully saturated rings. The highest BCUT2D eigenvalue weighted by molar-refractivity contribution is 7.99. The van der Waals surface area contributed by atoms with Crippen molar-refractivity contribution in [3.05, 3.63) is 53.9 Å². The fraction of sp³-hybridized carbons (Fsp3) is 0.267. The molecule has 8 heteroatoms. The monoisotopic (exact) mass is 354 g/mol. The van der Waals surface area contributed by atoms with Gasteiger partial charge in [0, 0.05) is 32.0 Å². The minimum atomic E-state index is -3.42. The molecule has 0 unspecified atom stereocenters. The van der Waals surface area contributed by atoms with E-state index in [0.717, 1.165) is 9.04 Å². The second-order valence-corrected chi connectivity index (χ2v) is 8.09. The molecule has 0 spiro atoms. The first-order chi connectivity index (χ1) is 10.9. The lowest BCUT2D eigenvalue weighted by molar-refractivity contribution is -0.645. The van der Waals surface area contributed by atoms with Crippen molar-refractivity contribution >= 4 is 21.8 Å². The summed E-state index contributed by atoms with van der Waals surface area (Å²) in [6, 6.07) is 11.5. The highest BCUT2D eigenvalue weighted by Crippen LogP contribution is 2.19. The predicted octanol–water partition coefficient (Wildman–Crippen LogP) is 1.74. The molecule has 0 aliphatic carbocycles. The summed E-state index contributed by atoms with van der Waals surface area (Å²) in [6.45, 7) is 0.416. The number of ether oxygens (including phenoxy) is 1. The molecule has 0 bridgehead atoms. The Labute approximate surface area is 140 Å². The van der Waals surface area contributed by atoms with Gasteiger partial charge in [-0.05, 0) is 30.3 Å². The Balaban J connectivity index is 1.86. The zero-order chi connectivity index (χ0) is 16.9. The van der Waals surface area contributed by atoms with Gasteiger partial charge in [0.25, 0.3) is 5.03 Å². The third-order valence-corrected chi connectivity index (χ3v) is 5.80. The van der Waals surface area contributed by atoms with Crippen LogP contribution >= 0.6 is 11.8 Å². The quantitative estimate of drug-likeness (QED) is 0.328. The number of sulfonamides is 1. The zero-order valence-electron chi connectivity index (χ0n) is 12.9. The van der Waals surface area contributed by atoms with Gasteiger partial charge in [0.05, 0.1) is 11.5 Å². The molecule has 23 heavy (non-hydrogen) atoms. The third-order valence-electron chi connectivity index (χ3n) is 2.99. The molecule has 1 heterocycles. The van der Waals surface area contributed by atoms with Crippen LogP contribution in [0.1, 0.15) is 0 Å². The van der Waals surface area contributed by atoms with E-state index in [1.54, 1.807) is 24.3 Å². The fourth-order valence-electron chi connectivity index (χ4n) is 1.75. The Bertz CT molecular complexity index is 746. The van der Waals surface area contributed by atoms with Crippen molar-refractivity contribution in [2.24, 2.45) is 0 Å². The minimum Gasteiger partial charge on any atom is -0.618 e. The van der Waals surface area contributed by atoms with Crippen LogP contribution in [0, 0.1) is 5.21 Å². The molecule has 0 N–H and O–H groups in total. The molecule has 0 aliphatic rings. The standard InChI is InChI=1S/C15H18N2O4S2/c1-16(2)23(19,20)14-8-6-13(7-9-14)21-11-12-22-15-5-3-4-10-17(15)18/h3-10H,11-12H2,1-2H3. The van der Waals surface area contributed by atoms with Gasteiger partial charge in [0.1, 0.15) is 5.75 Å². The lowest BCUT2D eigenvalue weighted by atomic mass is 10.3. The van der Waals surface area contributed by atoms with Crippen molar-refractivity contribution in [2.75, 3.05) is 26.5 Å². The summed E-state index contributed by atoms with van der Waals surface area (Å²) in [5, 5.41) is 12.1. The maximum atomic E-state index is 11.9. The fourth-order valence-corrected chi connectivity index (χ4v) is 3.39. The lowest BCUT2D eigenvalue weighted by Crippen LogP contribution is -2.27. The van der Waals surface area contributed by atoms with Crippen molar-refractivity contribution < 1.29 is 17.9 Å². The Morgan fingerprint density at radius 2 is 1.87 bits per heavy atom. The molecule has 0 aliphatic heterocycles. The highest BCUT2D eigenvalue weighted by atomic mass is 32.2. The van der Waals surface area contributed by atoms with Crippen LogP contribution < -0.4 is 9.47 Å². The van der Waals surface area contributed by atoms with Crippen molar-refractivity contribution in [3.63, 3.8) is 0 Å². The van der Waals surface area contributed by atoms with Crippen LogP contribution in [0.2, 0.25) is 0 Å². The van der Waals surface area contributed by atoms with Gasteiger partial charge in [-0.25, -0.2) is 12.7 Å². The van der Waals surface area contributed by atoms with Crippen LogP contribution in [-0.2, 0) is 10.0 Å². The van der Waals surface area contributed by atoms with Gasteiger partial charge in [0.2, 0.25) is 10.0 Å². The molecule has 2 rings (SSSR count). The predicted molar refractivity (Wildman–Crippen MR) is 88.9 cm³/mol. The summed E-state index contributed by atoms with van der Waals surface area (Å²) in [6.07, 6.45) is 1.45. The Kier molecular flexibility index (Phi) is 5.86. The average Bonchev–Trinajstić information content (AvgIpc) is 2.53. The summed E-state index contributed by atoms with van der Waals surface area (Å²) < 4.78 is 31.4. The first kappa shape index (κ1) is 17.6. The summed E-state index contributed by atoms with van der Waals surface area (Å²) >= 11 is 1.40. The van der Waals surface area contributed by atoms with Crippen LogP contribution in [-0.4, -0.2) is 39.2 Å². The maximum Gasteiger partial charge on any atom is 0.251 e. The summed E-state index contributed by atoms with van der Waals surface area (Å²) in [7, 11) is -0.446. The first-order valence-electron chi connectivity index (χ1n) is 6.87. The Hall–Kier alpha value is -1.77. The van der Waals surface area contributed by atoms with Gasteiger partial charge in [-0.2, -0.15) is 4.73 Å². The molecule has 1 aromatic carbocycles. The first-order valence-corrected chi connectivity index (χ1v) is 9.30. The molecular formula is C15H18N2O4S2. The molecule has 0 radical (unpaired) electrons. The second-order valence-electron chi connectivity index (χ2n) is 4.82. The molecular weight excluding hydrogens is 336 g/mol. The number of nitrogens with zero attached hydrogens (tertiary/aromatic N) is 2. The zero-order valence-corrected chi connectivity index (χ0v) is 14.5. The van der Waals surface area contributed by atoms with Crippen LogP contribution in [0.4, 0.5) is 0 Å². The lowest BCUT2D eigenvalue weighted by Gasteiger charge is -2.12. The molecule has 0 amide bonds. The van der Waals surface area contributed by atoms with E-state index in [0.29, 0.717) is 23.1 Å². The number of benzene rings is 1. The normalized spacial score (nSPS) is 11.6. The van der Waals surface area contributed by atoms with E-state index in [1.807, 2.05) is 6.07 Å². The molecule has 0 atom stereocenters. The van der Waals surface area contributed by atoms with Crippen molar-refractivity contribution in [2.45, 2.75) is 9.92 Å². The molecule has 0 saturated carbocycles. The molecule has 0 saturated heterocycles. The van der Waals surface area contributed by atoms with E-state index in [4.69, 9.17) is 4.74 Å². The maximum absolute atomic E-state index is 11.9. The van der Waals surface area contributed by atoms with Gasteiger partial charge in [-0.3, -0.25) is 0 Å². The van der Waals surface area contributed by atoms with Crippen molar-refractivity contribution in [1.29, 1.82) is 0 Å². The second kappa shape index (κ2) is 7.67. The average molecular weight is 354 g/mol. The Morgan fingerprint density at radius 1 is 1.17 bits per heavy atom. The summed E-state index contributed by atoms with van der Waals surface area (Å²) in [4.78, 5) is 0.223. The van der Waals surface area contributed by atoms with E-state index >= 15 is 0 Å². The number of rotatable bonds is 7. The molecule has 1 aromatic heterocycles. The number of aromatic nitrogens is 1. The molecule has 6 nitrogen and oxygen atoms in total. The molecule has 2 aromatic rings. The molecule has 124 valence electrons. The van der Waals surface area contributed by atoms with Crippen molar-refractivity contribution in [3.8, 4) is 5.75 Å². The van der Waals surface area contributed by atoms with E-state index in [2.05, 4.69) is 0 Å². The van der Waals surface area contributed by atoms with E-state index in [-0.39, 0.29) is 4.90 Å². The topological polar surface area (TPSA) is 73.5 Å². The van der Waals surface area contributed by atoms with Crippen molar-refractivity contribution in [1.82, 2.24) is 4.31 Å². The smallest absolute Gasteiger partial charge is 0.251 e. The summed E-state index contributed by atoms with van der Waals surface area (Å²) in [5.74, 6) is 1.20. The SMILES string of the molecule is CN(C)S(=O)(=O)c1ccc(OCCSc2cccc[n+]2[O-])cc1.